The van der Waals surface area contributed by atoms with E-state index in [4.69, 9.17) is 0 Å². The average molecular weight is 396 g/mol. The number of hydrogen-bond acceptors (Lipinski definition) is 3. The lowest BCUT2D eigenvalue weighted by atomic mass is 9.85. The highest BCUT2D eigenvalue weighted by atomic mass is 79.9. The highest BCUT2D eigenvalue weighted by Gasteiger charge is 2.29. The molecule has 1 heterocycles. The summed E-state index contributed by atoms with van der Waals surface area (Å²) in [7, 11) is 0. The maximum absolute atomic E-state index is 12.0. The Hall–Kier alpha value is -1.66. The first-order chi connectivity index (χ1) is 10.8. The van der Waals surface area contributed by atoms with Crippen LogP contribution in [-0.4, -0.2) is 17.0 Å². The van der Waals surface area contributed by atoms with E-state index in [0.29, 0.717) is 24.1 Å². The molecule has 6 heteroatoms. The fraction of sp³-hybridized carbons (Fsp3) is 0.294. The Balaban J connectivity index is 1.92. The first kappa shape index (κ1) is 17.7. The number of carboxylic acids is 1. The zero-order valence-corrected chi connectivity index (χ0v) is 15.3. The first-order valence-electron chi connectivity index (χ1n) is 7.16. The van der Waals surface area contributed by atoms with Crippen molar-refractivity contribution in [2.45, 2.75) is 32.1 Å². The van der Waals surface area contributed by atoms with Crippen molar-refractivity contribution in [3.05, 3.63) is 50.6 Å². The number of carbonyl (C=O) groups excluding carboxylic acids is 1. The van der Waals surface area contributed by atoms with E-state index >= 15 is 0 Å². The minimum absolute atomic E-state index is 0.0558. The maximum Gasteiger partial charge on any atom is 0.313 e. The molecular formula is C17H18BrNO3S. The summed E-state index contributed by atoms with van der Waals surface area (Å²) in [4.78, 5) is 24.4. The van der Waals surface area contributed by atoms with Gasteiger partial charge in [-0.2, -0.15) is 0 Å². The van der Waals surface area contributed by atoms with E-state index in [1.807, 2.05) is 11.4 Å². The SMILES string of the molecule is CC(C)(C(=O)O)c1ccc(NC(=O)CCc2cc(Br)cs2)cc1. The number of halogens is 1. The number of benzene rings is 1. The van der Waals surface area contributed by atoms with E-state index < -0.39 is 11.4 Å². The third-order valence-corrected chi connectivity index (χ3v) is 5.40. The summed E-state index contributed by atoms with van der Waals surface area (Å²) >= 11 is 5.02. The molecule has 0 bridgehead atoms. The number of anilines is 1. The summed E-state index contributed by atoms with van der Waals surface area (Å²) in [6.45, 7) is 3.31. The lowest BCUT2D eigenvalue weighted by Crippen LogP contribution is -2.28. The fourth-order valence-corrected chi connectivity index (χ4v) is 3.49. The predicted octanol–water partition coefficient (Wildman–Crippen LogP) is 4.44. The van der Waals surface area contributed by atoms with Gasteiger partial charge in [0, 0.05) is 26.8 Å². The number of thiophene rings is 1. The molecule has 2 rings (SSSR count). The fourth-order valence-electron chi connectivity index (χ4n) is 2.04. The number of rotatable bonds is 6. The molecule has 4 nitrogen and oxygen atoms in total. The second-order valence-corrected chi connectivity index (χ2v) is 7.70. The molecule has 2 aromatic rings. The Morgan fingerprint density at radius 2 is 1.91 bits per heavy atom. The Kier molecular flexibility index (Phi) is 5.59. The van der Waals surface area contributed by atoms with E-state index in [-0.39, 0.29) is 5.91 Å². The van der Waals surface area contributed by atoms with Crippen LogP contribution in [0, 0.1) is 0 Å². The van der Waals surface area contributed by atoms with Crippen LogP contribution in [0.25, 0.3) is 0 Å². The van der Waals surface area contributed by atoms with E-state index in [1.165, 1.54) is 0 Å². The molecular weight excluding hydrogens is 378 g/mol. The van der Waals surface area contributed by atoms with Gasteiger partial charge in [0.05, 0.1) is 5.41 Å². The van der Waals surface area contributed by atoms with E-state index in [9.17, 15) is 14.7 Å². The summed E-state index contributed by atoms with van der Waals surface area (Å²) in [5.41, 5.74) is 0.425. The molecule has 1 aromatic carbocycles. The molecule has 0 spiro atoms. The van der Waals surface area contributed by atoms with Crippen molar-refractivity contribution in [2.24, 2.45) is 0 Å². The highest BCUT2D eigenvalue weighted by Crippen LogP contribution is 2.25. The summed E-state index contributed by atoms with van der Waals surface area (Å²) in [6.07, 6.45) is 1.11. The Morgan fingerprint density at radius 3 is 2.43 bits per heavy atom. The maximum atomic E-state index is 12.0. The number of hydrogen-bond donors (Lipinski definition) is 2. The quantitative estimate of drug-likeness (QED) is 0.759. The zero-order chi connectivity index (χ0) is 17.0. The third-order valence-electron chi connectivity index (χ3n) is 3.65. The van der Waals surface area contributed by atoms with Crippen LogP contribution in [0.4, 0.5) is 5.69 Å². The van der Waals surface area contributed by atoms with Crippen LogP contribution in [0.3, 0.4) is 0 Å². The molecule has 1 aromatic heterocycles. The molecule has 0 fully saturated rings. The summed E-state index contributed by atoms with van der Waals surface area (Å²) in [6, 6.07) is 8.96. The van der Waals surface area contributed by atoms with Crippen molar-refractivity contribution in [1.29, 1.82) is 0 Å². The van der Waals surface area contributed by atoms with Gasteiger partial charge in [-0.3, -0.25) is 9.59 Å². The van der Waals surface area contributed by atoms with Gasteiger partial charge >= 0.3 is 5.97 Å². The molecule has 0 unspecified atom stereocenters. The minimum atomic E-state index is -0.949. The van der Waals surface area contributed by atoms with Gasteiger partial charge < -0.3 is 10.4 Å². The minimum Gasteiger partial charge on any atom is -0.481 e. The summed E-state index contributed by atoms with van der Waals surface area (Å²) in [5.74, 6) is -0.934. The molecule has 0 atom stereocenters. The zero-order valence-electron chi connectivity index (χ0n) is 12.9. The van der Waals surface area contributed by atoms with Crippen molar-refractivity contribution in [1.82, 2.24) is 0 Å². The van der Waals surface area contributed by atoms with Gasteiger partial charge in [-0.25, -0.2) is 0 Å². The molecule has 0 aliphatic rings. The summed E-state index contributed by atoms with van der Waals surface area (Å²) in [5, 5.41) is 14.0. The third kappa shape index (κ3) is 4.65. The molecule has 0 aliphatic heterocycles. The Bertz CT molecular complexity index is 707. The Morgan fingerprint density at radius 1 is 1.26 bits per heavy atom. The number of nitrogens with one attached hydrogen (secondary N) is 1. The number of amides is 1. The normalized spacial score (nSPS) is 11.3. The summed E-state index contributed by atoms with van der Waals surface area (Å²) < 4.78 is 1.04. The molecule has 122 valence electrons. The van der Waals surface area contributed by atoms with Crippen molar-refractivity contribution in [3.8, 4) is 0 Å². The van der Waals surface area contributed by atoms with Crippen LogP contribution in [0.2, 0.25) is 0 Å². The van der Waals surface area contributed by atoms with Gasteiger partial charge in [-0.1, -0.05) is 12.1 Å². The van der Waals surface area contributed by atoms with Crippen LogP contribution in [0.5, 0.6) is 0 Å². The first-order valence-corrected chi connectivity index (χ1v) is 8.83. The highest BCUT2D eigenvalue weighted by molar-refractivity contribution is 9.10. The Labute approximate surface area is 147 Å². The molecule has 2 N–H and O–H groups in total. The van der Waals surface area contributed by atoms with Gasteiger partial charge in [-0.05, 0) is 60.0 Å². The standard InChI is InChI=1S/C17H18BrNO3S/c1-17(2,16(21)22)11-3-5-13(6-4-11)19-15(20)8-7-14-9-12(18)10-23-14/h3-6,9-10H,7-8H2,1-2H3,(H,19,20)(H,21,22). The molecule has 0 radical (unpaired) electrons. The van der Waals surface area contributed by atoms with Crippen LogP contribution >= 0.6 is 27.3 Å². The van der Waals surface area contributed by atoms with Crippen LogP contribution < -0.4 is 5.32 Å². The van der Waals surface area contributed by atoms with Gasteiger partial charge in [0.2, 0.25) is 5.91 Å². The van der Waals surface area contributed by atoms with E-state index in [0.717, 1.165) is 9.35 Å². The number of aryl methyl sites for hydroxylation is 1. The van der Waals surface area contributed by atoms with E-state index in [2.05, 4.69) is 21.2 Å². The van der Waals surface area contributed by atoms with Gasteiger partial charge in [0.1, 0.15) is 0 Å². The smallest absolute Gasteiger partial charge is 0.313 e. The van der Waals surface area contributed by atoms with Crippen molar-refractivity contribution in [2.75, 3.05) is 5.32 Å². The van der Waals surface area contributed by atoms with Crippen LogP contribution in [-0.2, 0) is 21.4 Å². The van der Waals surface area contributed by atoms with Gasteiger partial charge in [0.15, 0.2) is 0 Å². The van der Waals surface area contributed by atoms with E-state index in [1.54, 1.807) is 49.4 Å². The average Bonchev–Trinajstić information content (AvgIpc) is 2.91. The lowest BCUT2D eigenvalue weighted by Gasteiger charge is -2.19. The number of carboxylic acid groups (broad SMARTS) is 1. The predicted molar refractivity (Wildman–Crippen MR) is 96.1 cm³/mol. The molecule has 0 saturated carbocycles. The van der Waals surface area contributed by atoms with Crippen molar-refractivity contribution >= 4 is 44.8 Å². The number of aliphatic carboxylic acids is 1. The second kappa shape index (κ2) is 7.27. The van der Waals surface area contributed by atoms with Crippen LogP contribution in [0.15, 0.2) is 40.2 Å². The number of carbonyl (C=O) groups is 2. The molecule has 0 saturated heterocycles. The van der Waals surface area contributed by atoms with Crippen molar-refractivity contribution in [3.63, 3.8) is 0 Å². The monoisotopic (exact) mass is 395 g/mol. The lowest BCUT2D eigenvalue weighted by molar-refractivity contribution is -0.142. The largest absolute Gasteiger partial charge is 0.481 e. The molecule has 0 aliphatic carbocycles. The molecule has 23 heavy (non-hydrogen) atoms. The van der Waals surface area contributed by atoms with Crippen LogP contribution in [0.1, 0.15) is 30.7 Å². The molecule has 1 amide bonds. The topological polar surface area (TPSA) is 66.4 Å². The van der Waals surface area contributed by atoms with Gasteiger partial charge in [0.25, 0.3) is 0 Å². The van der Waals surface area contributed by atoms with Crippen molar-refractivity contribution < 1.29 is 14.7 Å². The van der Waals surface area contributed by atoms with Gasteiger partial charge in [-0.15, -0.1) is 11.3 Å². The second-order valence-electron chi connectivity index (χ2n) is 5.79.